The van der Waals surface area contributed by atoms with Crippen LogP contribution in [-0.2, 0) is 16.1 Å². The van der Waals surface area contributed by atoms with Crippen molar-refractivity contribution in [1.29, 1.82) is 0 Å². The molecule has 1 N–H and O–H groups in total. The molecule has 0 unspecified atom stereocenters. The summed E-state index contributed by atoms with van der Waals surface area (Å²) in [6, 6.07) is 5.01. The number of rotatable bonds is 4. The van der Waals surface area contributed by atoms with E-state index in [0.29, 0.717) is 42.7 Å². The fourth-order valence-corrected chi connectivity index (χ4v) is 2.71. The minimum atomic E-state index is -0.229. The van der Waals surface area contributed by atoms with Crippen molar-refractivity contribution in [1.82, 2.24) is 14.5 Å². The number of aromatic nitrogens is 2. The van der Waals surface area contributed by atoms with E-state index in [9.17, 15) is 9.59 Å². The molecule has 0 aromatic carbocycles. The Labute approximate surface area is 150 Å². The largest absolute Gasteiger partial charge is 0.380 e. The van der Waals surface area contributed by atoms with Crippen molar-refractivity contribution >= 4 is 29.2 Å². The van der Waals surface area contributed by atoms with Crippen molar-refractivity contribution in [3.8, 4) is 0 Å². The second kappa shape index (κ2) is 8.13. The van der Waals surface area contributed by atoms with Crippen molar-refractivity contribution in [3.05, 3.63) is 47.4 Å². The maximum atomic E-state index is 12.5. The van der Waals surface area contributed by atoms with E-state index in [-0.39, 0.29) is 18.4 Å². The van der Waals surface area contributed by atoms with Gasteiger partial charge in [-0.15, -0.1) is 0 Å². The Hall–Kier alpha value is -2.38. The van der Waals surface area contributed by atoms with Gasteiger partial charge in [-0.1, -0.05) is 11.6 Å². The van der Waals surface area contributed by atoms with Gasteiger partial charge in [0.25, 0.3) is 5.91 Å². The van der Waals surface area contributed by atoms with Crippen molar-refractivity contribution in [2.24, 2.45) is 0 Å². The Bertz CT molecular complexity index is 737. The zero-order valence-electron chi connectivity index (χ0n) is 13.7. The molecule has 2 aromatic rings. The first-order valence-electron chi connectivity index (χ1n) is 8.06. The number of carbonyl (C=O) groups is 2. The fraction of sp³-hybridized carbons (Fsp3) is 0.353. The quantitative estimate of drug-likeness (QED) is 0.903. The van der Waals surface area contributed by atoms with Gasteiger partial charge >= 0.3 is 0 Å². The van der Waals surface area contributed by atoms with Gasteiger partial charge in [-0.2, -0.15) is 0 Å². The number of ether oxygens (including phenoxy) is 1. The lowest BCUT2D eigenvalue weighted by atomic mass is 10.3. The van der Waals surface area contributed by atoms with Crippen molar-refractivity contribution in [2.45, 2.75) is 13.0 Å². The average molecular weight is 363 g/mol. The molecule has 0 aliphatic carbocycles. The molecule has 1 saturated heterocycles. The summed E-state index contributed by atoms with van der Waals surface area (Å²) in [4.78, 5) is 30.4. The number of hydrogen-bond donors (Lipinski definition) is 1. The molecular formula is C17H19ClN4O3. The lowest BCUT2D eigenvalue weighted by Crippen LogP contribution is -2.33. The summed E-state index contributed by atoms with van der Waals surface area (Å²) in [5.41, 5.74) is 0.569. The monoisotopic (exact) mass is 362 g/mol. The number of halogens is 1. The van der Waals surface area contributed by atoms with E-state index in [1.54, 1.807) is 40.1 Å². The molecule has 0 spiro atoms. The topological polar surface area (TPSA) is 76.5 Å². The van der Waals surface area contributed by atoms with Gasteiger partial charge in [0.1, 0.15) is 12.4 Å². The highest BCUT2D eigenvalue weighted by Gasteiger charge is 2.18. The van der Waals surface area contributed by atoms with Gasteiger partial charge in [-0.3, -0.25) is 9.59 Å². The standard InChI is InChI=1S/C17H19ClN4O3/c18-14-2-3-15(19-10-14)20-16(23)12-21-6-4-13(11-21)17(24)22-5-1-8-25-9-7-22/h2-4,6,10-11H,1,5,7-9,12H2,(H,19,20,23). The molecule has 2 amide bonds. The van der Waals surface area contributed by atoms with Crippen LogP contribution in [0.25, 0.3) is 0 Å². The zero-order valence-corrected chi connectivity index (χ0v) is 14.4. The van der Waals surface area contributed by atoms with Gasteiger partial charge in [0.2, 0.25) is 5.91 Å². The molecule has 8 heteroatoms. The molecule has 1 fully saturated rings. The molecule has 0 radical (unpaired) electrons. The van der Waals surface area contributed by atoms with E-state index in [1.807, 2.05) is 0 Å². The van der Waals surface area contributed by atoms with Gasteiger partial charge < -0.3 is 19.5 Å². The molecule has 3 heterocycles. The van der Waals surface area contributed by atoms with Crippen LogP contribution >= 0.6 is 11.6 Å². The first-order valence-corrected chi connectivity index (χ1v) is 8.44. The smallest absolute Gasteiger partial charge is 0.255 e. The van der Waals surface area contributed by atoms with Crippen LogP contribution in [0.5, 0.6) is 0 Å². The lowest BCUT2D eigenvalue weighted by Gasteiger charge is -2.18. The van der Waals surface area contributed by atoms with Gasteiger partial charge in [-0.25, -0.2) is 4.98 Å². The SMILES string of the molecule is O=C(Cn1ccc(C(=O)N2CCCOCC2)c1)Nc1ccc(Cl)cn1. The second-order valence-corrected chi connectivity index (χ2v) is 6.18. The van der Waals surface area contributed by atoms with Gasteiger partial charge in [0, 0.05) is 38.3 Å². The Kier molecular flexibility index (Phi) is 5.67. The molecule has 0 bridgehead atoms. The normalized spacial score (nSPS) is 14.8. The Morgan fingerprint density at radius 1 is 1.24 bits per heavy atom. The number of anilines is 1. The van der Waals surface area contributed by atoms with Crippen LogP contribution in [0.3, 0.4) is 0 Å². The van der Waals surface area contributed by atoms with Crippen LogP contribution in [0, 0.1) is 0 Å². The average Bonchev–Trinajstić information content (AvgIpc) is 2.89. The molecule has 0 saturated carbocycles. The summed E-state index contributed by atoms with van der Waals surface area (Å²) in [5.74, 6) is 0.166. The van der Waals surface area contributed by atoms with E-state index in [1.165, 1.54) is 6.20 Å². The lowest BCUT2D eigenvalue weighted by molar-refractivity contribution is -0.116. The minimum absolute atomic E-state index is 0.0379. The third-order valence-electron chi connectivity index (χ3n) is 3.83. The number of nitrogens with one attached hydrogen (secondary N) is 1. The summed E-state index contributed by atoms with van der Waals surface area (Å²) >= 11 is 5.76. The first-order chi connectivity index (χ1) is 12.1. The molecule has 2 aromatic heterocycles. The van der Waals surface area contributed by atoms with Gasteiger partial charge in [-0.05, 0) is 24.6 Å². The predicted molar refractivity (Wildman–Crippen MR) is 93.6 cm³/mol. The molecule has 1 aliphatic rings. The first kappa shape index (κ1) is 17.4. The van der Waals surface area contributed by atoms with Crippen LogP contribution in [0.2, 0.25) is 5.02 Å². The third-order valence-corrected chi connectivity index (χ3v) is 4.05. The molecule has 132 valence electrons. The fourth-order valence-electron chi connectivity index (χ4n) is 2.60. The van der Waals surface area contributed by atoms with Crippen molar-refractivity contribution < 1.29 is 14.3 Å². The van der Waals surface area contributed by atoms with E-state index < -0.39 is 0 Å². The van der Waals surface area contributed by atoms with Crippen LogP contribution in [-0.4, -0.2) is 52.6 Å². The highest BCUT2D eigenvalue weighted by Crippen LogP contribution is 2.11. The van der Waals surface area contributed by atoms with E-state index >= 15 is 0 Å². The highest BCUT2D eigenvalue weighted by atomic mass is 35.5. The maximum Gasteiger partial charge on any atom is 0.255 e. The Balaban J connectivity index is 1.58. The summed E-state index contributed by atoms with van der Waals surface area (Å²) in [7, 11) is 0. The van der Waals surface area contributed by atoms with Crippen molar-refractivity contribution in [2.75, 3.05) is 31.6 Å². The minimum Gasteiger partial charge on any atom is -0.380 e. The maximum absolute atomic E-state index is 12.5. The molecule has 25 heavy (non-hydrogen) atoms. The van der Waals surface area contributed by atoms with Crippen LogP contribution in [0.4, 0.5) is 5.82 Å². The Morgan fingerprint density at radius 2 is 2.12 bits per heavy atom. The summed E-state index contributed by atoms with van der Waals surface area (Å²) in [6.07, 6.45) is 5.71. The molecule has 3 rings (SSSR count). The Morgan fingerprint density at radius 3 is 2.92 bits per heavy atom. The molecular weight excluding hydrogens is 344 g/mol. The number of amides is 2. The van der Waals surface area contributed by atoms with E-state index in [0.717, 1.165) is 6.42 Å². The van der Waals surface area contributed by atoms with Crippen molar-refractivity contribution in [3.63, 3.8) is 0 Å². The van der Waals surface area contributed by atoms with Gasteiger partial charge in [0.05, 0.1) is 17.2 Å². The summed E-state index contributed by atoms with van der Waals surface area (Å²) in [6.45, 7) is 2.62. The zero-order chi connectivity index (χ0) is 17.6. The number of nitrogens with zero attached hydrogens (tertiary/aromatic N) is 3. The predicted octanol–water partition coefficient (Wildman–Crippen LogP) is 2.04. The number of hydrogen-bond acceptors (Lipinski definition) is 4. The van der Waals surface area contributed by atoms with E-state index in [4.69, 9.17) is 16.3 Å². The van der Waals surface area contributed by atoms with Crippen LogP contribution in [0.15, 0.2) is 36.8 Å². The molecule has 1 aliphatic heterocycles. The summed E-state index contributed by atoms with van der Waals surface area (Å²) in [5, 5.41) is 3.19. The molecule has 0 atom stereocenters. The van der Waals surface area contributed by atoms with Gasteiger partial charge in [0.15, 0.2) is 0 Å². The van der Waals surface area contributed by atoms with Crippen LogP contribution < -0.4 is 5.32 Å². The van der Waals surface area contributed by atoms with Crippen LogP contribution in [0.1, 0.15) is 16.8 Å². The third kappa shape index (κ3) is 4.80. The summed E-state index contributed by atoms with van der Waals surface area (Å²) < 4.78 is 7.04. The number of pyridine rings is 1. The number of carbonyl (C=O) groups excluding carboxylic acids is 2. The van der Waals surface area contributed by atoms with E-state index in [2.05, 4.69) is 10.3 Å². The highest BCUT2D eigenvalue weighted by molar-refractivity contribution is 6.30. The molecule has 7 nitrogen and oxygen atoms in total. The second-order valence-electron chi connectivity index (χ2n) is 5.74.